The molecule has 7 nitrogen and oxygen atoms in total. The fourth-order valence-electron chi connectivity index (χ4n) is 3.00. The Morgan fingerprint density at radius 3 is 2.20 bits per heavy atom. The number of fused-ring (bicyclic) bond motifs is 1. The van der Waals surface area contributed by atoms with E-state index < -0.39 is 29.8 Å². The molecule has 0 saturated heterocycles. The van der Waals surface area contributed by atoms with Gasteiger partial charge in [-0.3, -0.25) is 9.59 Å². The molecule has 0 unspecified atom stereocenters. The summed E-state index contributed by atoms with van der Waals surface area (Å²) in [4.78, 5) is 33.8. The van der Waals surface area contributed by atoms with E-state index in [1.807, 2.05) is 0 Å². The summed E-state index contributed by atoms with van der Waals surface area (Å²) in [5.74, 6) is -0.345. The molecule has 7 heteroatoms. The van der Waals surface area contributed by atoms with Gasteiger partial charge in [0.15, 0.2) is 0 Å². The second-order valence-electron chi connectivity index (χ2n) is 5.96. The summed E-state index contributed by atoms with van der Waals surface area (Å²) in [5, 5.41) is 0.786. The van der Waals surface area contributed by atoms with Gasteiger partial charge in [-0.2, -0.15) is 0 Å². The highest BCUT2D eigenvalue weighted by Crippen LogP contribution is 2.30. The van der Waals surface area contributed by atoms with Crippen molar-refractivity contribution >= 4 is 22.9 Å². The molecule has 0 N–H and O–H groups in total. The molecule has 2 aromatic rings. The number of hydrogen-bond donors (Lipinski definition) is 0. The molecule has 0 spiro atoms. The molecule has 3 atom stereocenters. The lowest BCUT2D eigenvalue weighted by atomic mass is 10.2. The van der Waals surface area contributed by atoms with Gasteiger partial charge in [0.05, 0.1) is 0 Å². The molecule has 25 heavy (non-hydrogen) atoms. The van der Waals surface area contributed by atoms with E-state index in [4.69, 9.17) is 18.6 Å². The van der Waals surface area contributed by atoms with Crippen LogP contribution in [0, 0.1) is 0 Å². The summed E-state index contributed by atoms with van der Waals surface area (Å²) in [5.41, 5.74) is -0.00794. The van der Waals surface area contributed by atoms with E-state index in [1.54, 1.807) is 24.3 Å². The Bertz CT molecular complexity index is 830. The van der Waals surface area contributed by atoms with Gasteiger partial charge in [0.1, 0.15) is 29.6 Å². The normalized spacial score (nSPS) is 22.6. The molecule has 1 fully saturated rings. The van der Waals surface area contributed by atoms with Gasteiger partial charge in [-0.05, 0) is 18.2 Å². The number of benzene rings is 1. The highest BCUT2D eigenvalue weighted by molar-refractivity contribution is 5.77. The van der Waals surface area contributed by atoms with E-state index in [2.05, 4.69) is 0 Å². The van der Waals surface area contributed by atoms with Gasteiger partial charge in [0.25, 0.3) is 0 Å². The van der Waals surface area contributed by atoms with E-state index in [-0.39, 0.29) is 6.10 Å². The van der Waals surface area contributed by atoms with Crippen LogP contribution in [0.2, 0.25) is 0 Å². The van der Waals surface area contributed by atoms with Gasteiger partial charge in [-0.25, -0.2) is 4.79 Å². The van der Waals surface area contributed by atoms with Crippen molar-refractivity contribution in [3.63, 3.8) is 0 Å². The van der Waals surface area contributed by atoms with E-state index in [9.17, 15) is 14.4 Å². The third-order valence-corrected chi connectivity index (χ3v) is 3.94. The van der Waals surface area contributed by atoms with Crippen LogP contribution in [0.3, 0.4) is 0 Å². The van der Waals surface area contributed by atoms with Gasteiger partial charge in [0, 0.05) is 44.2 Å². The van der Waals surface area contributed by atoms with Gasteiger partial charge in [0.2, 0.25) is 0 Å². The maximum absolute atomic E-state index is 11.3. The lowest BCUT2D eigenvalue weighted by Gasteiger charge is -2.18. The van der Waals surface area contributed by atoms with E-state index in [0.717, 1.165) is 5.39 Å². The summed E-state index contributed by atoms with van der Waals surface area (Å²) >= 11 is 0. The zero-order valence-corrected chi connectivity index (χ0v) is 13.9. The Hall–Kier alpha value is -2.83. The minimum absolute atomic E-state index is 0.290. The van der Waals surface area contributed by atoms with Gasteiger partial charge in [-0.15, -0.1) is 0 Å². The number of carbonyl (C=O) groups excluding carboxylic acids is 2. The fourth-order valence-corrected chi connectivity index (χ4v) is 3.00. The van der Waals surface area contributed by atoms with Crippen molar-refractivity contribution in [2.24, 2.45) is 0 Å². The number of carbonyl (C=O) groups is 2. The summed E-state index contributed by atoms with van der Waals surface area (Å²) in [6.07, 6.45) is -0.543. The van der Waals surface area contributed by atoms with Crippen LogP contribution in [0.5, 0.6) is 5.75 Å². The average molecular weight is 346 g/mol. The van der Waals surface area contributed by atoms with E-state index in [0.29, 0.717) is 24.2 Å². The smallest absolute Gasteiger partial charge is 0.336 e. The molecular formula is C18H18O7. The molecule has 3 rings (SSSR count). The first-order valence-corrected chi connectivity index (χ1v) is 7.96. The molecule has 0 amide bonds. The predicted octanol–water partition coefficient (Wildman–Crippen LogP) is 2.20. The summed E-state index contributed by atoms with van der Waals surface area (Å²) < 4.78 is 21.5. The Kier molecular flexibility index (Phi) is 4.74. The van der Waals surface area contributed by atoms with Crippen LogP contribution < -0.4 is 10.4 Å². The minimum atomic E-state index is -0.537. The molecular weight excluding hydrogens is 328 g/mol. The molecule has 1 aliphatic carbocycles. The molecule has 0 radical (unpaired) electrons. The minimum Gasteiger partial charge on any atom is -0.490 e. The van der Waals surface area contributed by atoms with Crippen LogP contribution in [0.4, 0.5) is 0 Å². The first kappa shape index (κ1) is 17.0. The molecule has 1 heterocycles. The molecule has 1 aromatic heterocycles. The standard InChI is InChI=1S/C18H18O7/c1-10(19)22-16-8-14(9-17(16)23-11(2)20)24-13-5-3-12-4-6-18(21)25-15(12)7-13/h3-7,14,16-17H,8-9H2,1-2H3/t14-,16+,17-. The number of hydrogen-bond acceptors (Lipinski definition) is 7. The van der Waals surface area contributed by atoms with Crippen LogP contribution in [0.15, 0.2) is 39.5 Å². The largest absolute Gasteiger partial charge is 0.490 e. The SMILES string of the molecule is CC(=O)O[C@H]1C[C@@H](Oc2ccc3ccc(=O)oc3c2)C[C@H]1OC(C)=O. The van der Waals surface area contributed by atoms with E-state index >= 15 is 0 Å². The monoisotopic (exact) mass is 346 g/mol. The third kappa shape index (κ3) is 4.17. The first-order valence-electron chi connectivity index (χ1n) is 7.96. The first-order chi connectivity index (χ1) is 11.9. The highest BCUT2D eigenvalue weighted by atomic mass is 16.6. The van der Waals surface area contributed by atoms with Crippen LogP contribution in [-0.2, 0) is 19.1 Å². The quantitative estimate of drug-likeness (QED) is 0.619. The Balaban J connectivity index is 1.74. The second kappa shape index (κ2) is 6.96. The zero-order chi connectivity index (χ0) is 18.0. The Morgan fingerprint density at radius 2 is 1.60 bits per heavy atom. The van der Waals surface area contributed by atoms with Gasteiger partial charge < -0.3 is 18.6 Å². The summed E-state index contributed by atoms with van der Waals surface area (Å²) in [6.45, 7) is 2.62. The van der Waals surface area contributed by atoms with E-state index in [1.165, 1.54) is 19.9 Å². The number of esters is 2. The van der Waals surface area contributed by atoms with Crippen LogP contribution in [-0.4, -0.2) is 30.3 Å². The van der Waals surface area contributed by atoms with Crippen molar-refractivity contribution in [2.75, 3.05) is 0 Å². The predicted molar refractivity (Wildman–Crippen MR) is 87.2 cm³/mol. The molecule has 0 aliphatic heterocycles. The zero-order valence-electron chi connectivity index (χ0n) is 13.9. The Morgan fingerprint density at radius 1 is 1.00 bits per heavy atom. The summed E-state index contributed by atoms with van der Waals surface area (Å²) in [6, 6.07) is 8.22. The van der Waals surface area contributed by atoms with Crippen molar-refractivity contribution in [2.45, 2.75) is 45.0 Å². The maximum atomic E-state index is 11.3. The van der Waals surface area contributed by atoms with Crippen LogP contribution in [0.25, 0.3) is 11.0 Å². The van der Waals surface area contributed by atoms with Crippen molar-refractivity contribution in [1.82, 2.24) is 0 Å². The highest BCUT2D eigenvalue weighted by Gasteiger charge is 2.40. The molecule has 0 bridgehead atoms. The number of rotatable bonds is 4. The van der Waals surface area contributed by atoms with Crippen molar-refractivity contribution in [3.05, 3.63) is 40.8 Å². The van der Waals surface area contributed by atoms with Gasteiger partial charge in [-0.1, -0.05) is 0 Å². The van der Waals surface area contributed by atoms with Crippen LogP contribution >= 0.6 is 0 Å². The molecule has 1 saturated carbocycles. The summed E-state index contributed by atoms with van der Waals surface area (Å²) in [7, 11) is 0. The lowest BCUT2D eigenvalue weighted by molar-refractivity contribution is -0.162. The lowest BCUT2D eigenvalue weighted by Crippen LogP contribution is -2.29. The molecule has 132 valence electrons. The second-order valence-corrected chi connectivity index (χ2v) is 5.96. The topological polar surface area (TPSA) is 92.0 Å². The number of ether oxygens (including phenoxy) is 3. The third-order valence-electron chi connectivity index (χ3n) is 3.94. The van der Waals surface area contributed by atoms with Crippen molar-refractivity contribution in [1.29, 1.82) is 0 Å². The molecule has 1 aliphatic rings. The Labute approximate surface area is 143 Å². The maximum Gasteiger partial charge on any atom is 0.336 e. The molecule has 1 aromatic carbocycles. The van der Waals surface area contributed by atoms with Crippen LogP contribution in [0.1, 0.15) is 26.7 Å². The van der Waals surface area contributed by atoms with Gasteiger partial charge >= 0.3 is 17.6 Å². The average Bonchev–Trinajstić information content (AvgIpc) is 2.86. The van der Waals surface area contributed by atoms with Crippen molar-refractivity contribution in [3.8, 4) is 5.75 Å². The van der Waals surface area contributed by atoms with Crippen molar-refractivity contribution < 1.29 is 28.2 Å². The fraction of sp³-hybridized carbons (Fsp3) is 0.389.